The average Bonchev–Trinajstić information content (AvgIpc) is 2.56. The van der Waals surface area contributed by atoms with Crippen molar-refractivity contribution < 1.29 is 23.9 Å². The zero-order valence-electron chi connectivity index (χ0n) is 16.7. The molecule has 0 aromatic heterocycles. The Hall–Kier alpha value is -2.57. The normalized spacial score (nSPS) is 12.2. The first kappa shape index (κ1) is 22.5. The lowest BCUT2D eigenvalue weighted by Crippen LogP contribution is -2.49. The standard InChI is InChI=1S/C20H30N2O5/c1-14(2)11-16(18(24)21-12-17(23)27-20(3,4)5)22-19(25)26-13-15-9-7-6-8-10-15/h6-10,14,16H,11-13H2,1-5H3,(H,21,24)(H,22,25)/t16-/m0/s1. The van der Waals surface area contributed by atoms with Gasteiger partial charge in [-0.25, -0.2) is 4.79 Å². The monoisotopic (exact) mass is 378 g/mol. The molecule has 0 unspecified atom stereocenters. The Bertz CT molecular complexity index is 623. The third-order valence-electron chi connectivity index (χ3n) is 3.36. The van der Waals surface area contributed by atoms with Gasteiger partial charge in [-0.1, -0.05) is 44.2 Å². The summed E-state index contributed by atoms with van der Waals surface area (Å²) in [7, 11) is 0. The van der Waals surface area contributed by atoms with Gasteiger partial charge in [-0.2, -0.15) is 0 Å². The van der Waals surface area contributed by atoms with Crippen LogP contribution < -0.4 is 10.6 Å². The Kier molecular flexibility index (Phi) is 8.78. The van der Waals surface area contributed by atoms with Crippen molar-refractivity contribution in [2.75, 3.05) is 6.54 Å². The maximum absolute atomic E-state index is 12.4. The second-order valence-corrected chi connectivity index (χ2v) is 7.69. The third kappa shape index (κ3) is 10.2. The fourth-order valence-corrected chi connectivity index (χ4v) is 2.27. The summed E-state index contributed by atoms with van der Waals surface area (Å²) in [4.78, 5) is 36.1. The summed E-state index contributed by atoms with van der Waals surface area (Å²) in [5.41, 5.74) is 0.223. The van der Waals surface area contributed by atoms with Crippen molar-refractivity contribution in [2.24, 2.45) is 5.92 Å². The van der Waals surface area contributed by atoms with Crippen LogP contribution in [0, 0.1) is 5.92 Å². The van der Waals surface area contributed by atoms with Crippen LogP contribution in [0.25, 0.3) is 0 Å². The van der Waals surface area contributed by atoms with Crippen LogP contribution >= 0.6 is 0 Å². The Labute approximate surface area is 160 Å². The molecule has 1 aromatic carbocycles. The number of hydrogen-bond donors (Lipinski definition) is 2. The van der Waals surface area contributed by atoms with E-state index in [9.17, 15) is 14.4 Å². The van der Waals surface area contributed by atoms with E-state index < -0.39 is 29.6 Å². The molecule has 7 heteroatoms. The Morgan fingerprint density at radius 2 is 1.70 bits per heavy atom. The van der Waals surface area contributed by atoms with E-state index in [4.69, 9.17) is 9.47 Å². The van der Waals surface area contributed by atoms with Crippen LogP contribution in [0.5, 0.6) is 0 Å². The molecule has 0 bridgehead atoms. The molecule has 0 radical (unpaired) electrons. The lowest BCUT2D eigenvalue weighted by Gasteiger charge is -2.22. The van der Waals surface area contributed by atoms with Gasteiger partial charge in [0.05, 0.1) is 0 Å². The Balaban J connectivity index is 2.54. The molecule has 0 aliphatic carbocycles. The SMILES string of the molecule is CC(C)C[C@H](NC(=O)OCc1ccccc1)C(=O)NCC(=O)OC(C)(C)C. The number of nitrogens with one attached hydrogen (secondary N) is 2. The fourth-order valence-electron chi connectivity index (χ4n) is 2.27. The first-order valence-corrected chi connectivity index (χ1v) is 9.03. The number of alkyl carbamates (subject to hydrolysis) is 1. The smallest absolute Gasteiger partial charge is 0.408 e. The summed E-state index contributed by atoms with van der Waals surface area (Å²) in [5.74, 6) is -0.825. The highest BCUT2D eigenvalue weighted by molar-refractivity contribution is 5.88. The van der Waals surface area contributed by atoms with E-state index in [2.05, 4.69) is 10.6 Å². The largest absolute Gasteiger partial charge is 0.459 e. The second kappa shape index (κ2) is 10.5. The minimum absolute atomic E-state index is 0.112. The molecule has 0 saturated carbocycles. The lowest BCUT2D eigenvalue weighted by atomic mass is 10.0. The molecule has 0 heterocycles. The molecule has 0 aliphatic rings. The van der Waals surface area contributed by atoms with Gasteiger partial charge in [0.1, 0.15) is 24.8 Å². The predicted octanol–water partition coefficient (Wildman–Crippen LogP) is 2.79. The molecule has 0 fully saturated rings. The molecular formula is C20H30N2O5. The summed E-state index contributed by atoms with van der Waals surface area (Å²) in [5, 5.41) is 5.07. The summed E-state index contributed by atoms with van der Waals surface area (Å²) in [6.07, 6.45) is -0.266. The first-order valence-electron chi connectivity index (χ1n) is 9.03. The predicted molar refractivity (Wildman–Crippen MR) is 102 cm³/mol. The summed E-state index contributed by atoms with van der Waals surface area (Å²) in [6.45, 7) is 8.97. The van der Waals surface area contributed by atoms with Gasteiger partial charge in [0.2, 0.25) is 5.91 Å². The van der Waals surface area contributed by atoms with Crippen LogP contribution in [-0.4, -0.2) is 36.2 Å². The minimum Gasteiger partial charge on any atom is -0.459 e. The van der Waals surface area contributed by atoms with Gasteiger partial charge in [0.25, 0.3) is 0 Å². The molecule has 27 heavy (non-hydrogen) atoms. The van der Waals surface area contributed by atoms with Crippen molar-refractivity contribution >= 4 is 18.0 Å². The van der Waals surface area contributed by atoms with Gasteiger partial charge in [0.15, 0.2) is 0 Å². The lowest BCUT2D eigenvalue weighted by molar-refractivity contribution is -0.154. The Morgan fingerprint density at radius 1 is 1.07 bits per heavy atom. The van der Waals surface area contributed by atoms with Gasteiger partial charge in [0, 0.05) is 0 Å². The second-order valence-electron chi connectivity index (χ2n) is 7.69. The molecule has 1 atom stereocenters. The number of rotatable bonds is 8. The van der Waals surface area contributed by atoms with Crippen molar-refractivity contribution in [3.05, 3.63) is 35.9 Å². The molecule has 2 N–H and O–H groups in total. The molecule has 2 amide bonds. The number of benzene rings is 1. The van der Waals surface area contributed by atoms with Gasteiger partial charge >= 0.3 is 12.1 Å². The average molecular weight is 378 g/mol. The molecule has 1 aromatic rings. The third-order valence-corrected chi connectivity index (χ3v) is 3.36. The highest BCUT2D eigenvalue weighted by Crippen LogP contribution is 2.08. The molecule has 150 valence electrons. The van der Waals surface area contributed by atoms with Crippen molar-refractivity contribution in [2.45, 2.75) is 59.3 Å². The van der Waals surface area contributed by atoms with Crippen LogP contribution in [-0.2, 0) is 25.7 Å². The molecule has 0 saturated heterocycles. The van der Waals surface area contributed by atoms with Crippen molar-refractivity contribution in [1.29, 1.82) is 0 Å². The van der Waals surface area contributed by atoms with Crippen LogP contribution in [0.2, 0.25) is 0 Å². The van der Waals surface area contributed by atoms with Crippen LogP contribution in [0.3, 0.4) is 0 Å². The van der Waals surface area contributed by atoms with Gasteiger partial charge < -0.3 is 20.1 Å². The Morgan fingerprint density at radius 3 is 2.26 bits per heavy atom. The maximum Gasteiger partial charge on any atom is 0.408 e. The molecule has 7 nitrogen and oxygen atoms in total. The van der Waals surface area contributed by atoms with Crippen molar-refractivity contribution in [1.82, 2.24) is 10.6 Å². The van der Waals surface area contributed by atoms with Crippen LogP contribution in [0.1, 0.15) is 46.6 Å². The highest BCUT2D eigenvalue weighted by Gasteiger charge is 2.24. The van der Waals surface area contributed by atoms with E-state index in [0.29, 0.717) is 6.42 Å². The minimum atomic E-state index is -0.796. The van der Waals surface area contributed by atoms with E-state index in [1.807, 2.05) is 44.2 Å². The number of hydrogen-bond acceptors (Lipinski definition) is 5. The van der Waals surface area contributed by atoms with Crippen LogP contribution in [0.15, 0.2) is 30.3 Å². The zero-order chi connectivity index (χ0) is 20.4. The first-order chi connectivity index (χ1) is 12.6. The number of carbonyl (C=O) groups is 3. The van der Waals surface area contributed by atoms with Crippen molar-refractivity contribution in [3.63, 3.8) is 0 Å². The number of ether oxygens (including phenoxy) is 2. The van der Waals surface area contributed by atoms with E-state index in [1.54, 1.807) is 20.8 Å². The summed E-state index contributed by atoms with van der Waals surface area (Å²) >= 11 is 0. The highest BCUT2D eigenvalue weighted by atomic mass is 16.6. The molecule has 0 spiro atoms. The number of esters is 1. The van der Waals surface area contributed by atoms with Gasteiger partial charge in [-0.15, -0.1) is 0 Å². The van der Waals surface area contributed by atoms with Crippen LogP contribution in [0.4, 0.5) is 4.79 Å². The quantitative estimate of drug-likeness (QED) is 0.679. The van der Waals surface area contributed by atoms with E-state index in [-0.39, 0.29) is 19.1 Å². The topological polar surface area (TPSA) is 93.7 Å². The number of amides is 2. The van der Waals surface area contributed by atoms with Crippen molar-refractivity contribution in [3.8, 4) is 0 Å². The maximum atomic E-state index is 12.4. The molecular weight excluding hydrogens is 348 g/mol. The van der Waals surface area contributed by atoms with Gasteiger partial charge in [-0.3, -0.25) is 9.59 Å². The van der Waals surface area contributed by atoms with E-state index >= 15 is 0 Å². The fraction of sp³-hybridized carbons (Fsp3) is 0.550. The van der Waals surface area contributed by atoms with Gasteiger partial charge in [-0.05, 0) is 38.7 Å². The summed E-state index contributed by atoms with van der Waals surface area (Å²) in [6, 6.07) is 8.46. The number of carbonyl (C=O) groups excluding carboxylic acids is 3. The van der Waals surface area contributed by atoms with E-state index in [1.165, 1.54) is 0 Å². The van der Waals surface area contributed by atoms with E-state index in [0.717, 1.165) is 5.56 Å². The molecule has 1 rings (SSSR count). The molecule has 0 aliphatic heterocycles. The summed E-state index contributed by atoms with van der Waals surface area (Å²) < 4.78 is 10.3. The zero-order valence-corrected chi connectivity index (χ0v) is 16.7.